The summed E-state index contributed by atoms with van der Waals surface area (Å²) < 4.78 is 5.81. The molecule has 1 saturated heterocycles. The molecule has 0 amide bonds. The van der Waals surface area contributed by atoms with Crippen LogP contribution in [0.3, 0.4) is 0 Å². The van der Waals surface area contributed by atoms with Crippen molar-refractivity contribution >= 4 is 0 Å². The lowest BCUT2D eigenvalue weighted by Crippen LogP contribution is -2.14. The predicted molar refractivity (Wildman–Crippen MR) is 47.6 cm³/mol. The van der Waals surface area contributed by atoms with Gasteiger partial charge in [-0.3, -0.25) is 0 Å². The van der Waals surface area contributed by atoms with Crippen LogP contribution in [0.15, 0.2) is 0 Å². The first-order valence-electron chi connectivity index (χ1n) is 4.93. The van der Waals surface area contributed by atoms with Crippen LogP contribution in [0.4, 0.5) is 0 Å². The molecule has 1 unspecified atom stereocenters. The van der Waals surface area contributed by atoms with Gasteiger partial charge in [0, 0.05) is 0 Å². The Kier molecular flexibility index (Phi) is 3.38. The molecule has 0 aromatic carbocycles. The van der Waals surface area contributed by atoms with Crippen molar-refractivity contribution < 1.29 is 4.74 Å². The third-order valence-electron chi connectivity index (χ3n) is 2.67. The highest BCUT2D eigenvalue weighted by Gasteiger charge is 2.30. The van der Waals surface area contributed by atoms with Gasteiger partial charge in [0.05, 0.1) is 12.2 Å². The van der Waals surface area contributed by atoms with Crippen molar-refractivity contribution in [3.63, 3.8) is 0 Å². The van der Waals surface area contributed by atoms with Crippen LogP contribution in [-0.4, -0.2) is 12.2 Å². The van der Waals surface area contributed by atoms with E-state index in [1.807, 2.05) is 0 Å². The fourth-order valence-electron chi connectivity index (χ4n) is 2.06. The van der Waals surface area contributed by atoms with Gasteiger partial charge < -0.3 is 4.74 Å². The van der Waals surface area contributed by atoms with Crippen molar-refractivity contribution in [3.05, 3.63) is 0 Å². The lowest BCUT2D eigenvalue weighted by Gasteiger charge is -2.15. The van der Waals surface area contributed by atoms with Gasteiger partial charge in [-0.15, -0.1) is 0 Å². The SMILES string of the molecule is CCC[C@H]1O[C@@H](C)CC1CC. The van der Waals surface area contributed by atoms with E-state index in [2.05, 4.69) is 20.8 Å². The number of hydrogen-bond acceptors (Lipinski definition) is 1. The second kappa shape index (κ2) is 4.10. The molecule has 3 atom stereocenters. The van der Waals surface area contributed by atoms with E-state index in [-0.39, 0.29) is 0 Å². The minimum absolute atomic E-state index is 0.511. The van der Waals surface area contributed by atoms with Crippen molar-refractivity contribution in [2.75, 3.05) is 0 Å². The zero-order valence-electron chi connectivity index (χ0n) is 7.97. The fraction of sp³-hybridized carbons (Fsp3) is 1.00. The minimum Gasteiger partial charge on any atom is -0.375 e. The molecule has 11 heavy (non-hydrogen) atoms. The monoisotopic (exact) mass is 156 g/mol. The van der Waals surface area contributed by atoms with E-state index in [0.29, 0.717) is 12.2 Å². The average Bonchev–Trinajstić information content (AvgIpc) is 2.32. The molecule has 1 fully saturated rings. The quantitative estimate of drug-likeness (QED) is 0.610. The standard InChI is InChI=1S/C10H20O/c1-4-6-10-9(5-2)7-8(3)11-10/h8-10H,4-7H2,1-3H3/t8-,9?,10+/m0/s1. The van der Waals surface area contributed by atoms with Crippen LogP contribution >= 0.6 is 0 Å². The molecule has 0 aromatic heterocycles. The molecule has 1 heteroatoms. The Bertz CT molecular complexity index is 111. The highest BCUT2D eigenvalue weighted by Crippen LogP contribution is 2.31. The summed E-state index contributed by atoms with van der Waals surface area (Å²) in [5.74, 6) is 0.838. The van der Waals surface area contributed by atoms with Crippen LogP contribution in [0.1, 0.15) is 46.5 Å². The van der Waals surface area contributed by atoms with Crippen molar-refractivity contribution in [1.29, 1.82) is 0 Å². The second-order valence-corrected chi connectivity index (χ2v) is 3.68. The smallest absolute Gasteiger partial charge is 0.0607 e. The fourth-order valence-corrected chi connectivity index (χ4v) is 2.06. The van der Waals surface area contributed by atoms with E-state index in [0.717, 1.165) is 5.92 Å². The van der Waals surface area contributed by atoms with Crippen molar-refractivity contribution in [3.8, 4) is 0 Å². The van der Waals surface area contributed by atoms with Crippen LogP contribution in [0, 0.1) is 5.92 Å². The second-order valence-electron chi connectivity index (χ2n) is 3.68. The molecule has 0 N–H and O–H groups in total. The summed E-state index contributed by atoms with van der Waals surface area (Å²) in [5, 5.41) is 0. The third kappa shape index (κ3) is 2.19. The maximum Gasteiger partial charge on any atom is 0.0607 e. The first kappa shape index (κ1) is 9.05. The van der Waals surface area contributed by atoms with Gasteiger partial charge >= 0.3 is 0 Å². The largest absolute Gasteiger partial charge is 0.375 e. The number of ether oxygens (including phenoxy) is 1. The predicted octanol–water partition coefficient (Wildman–Crippen LogP) is 2.99. The summed E-state index contributed by atoms with van der Waals surface area (Å²) in [6.07, 6.45) is 6.16. The van der Waals surface area contributed by atoms with E-state index in [1.165, 1.54) is 25.7 Å². The van der Waals surface area contributed by atoms with E-state index in [1.54, 1.807) is 0 Å². The van der Waals surface area contributed by atoms with Gasteiger partial charge in [-0.2, -0.15) is 0 Å². The summed E-state index contributed by atoms with van der Waals surface area (Å²) in [6, 6.07) is 0. The minimum atomic E-state index is 0.511. The normalized spacial score (nSPS) is 37.9. The van der Waals surface area contributed by atoms with E-state index < -0.39 is 0 Å². The van der Waals surface area contributed by atoms with E-state index in [4.69, 9.17) is 4.74 Å². The lowest BCUT2D eigenvalue weighted by atomic mass is 9.94. The van der Waals surface area contributed by atoms with Gasteiger partial charge in [-0.05, 0) is 25.7 Å². The van der Waals surface area contributed by atoms with Crippen LogP contribution in [0.25, 0.3) is 0 Å². The Labute approximate surface area is 70.1 Å². The molecule has 66 valence electrons. The van der Waals surface area contributed by atoms with Gasteiger partial charge in [0.25, 0.3) is 0 Å². The van der Waals surface area contributed by atoms with Crippen LogP contribution in [-0.2, 0) is 4.74 Å². The highest BCUT2D eigenvalue weighted by molar-refractivity contribution is 4.78. The molecule has 0 radical (unpaired) electrons. The first-order valence-corrected chi connectivity index (χ1v) is 4.93. The molecule has 1 aliphatic heterocycles. The topological polar surface area (TPSA) is 9.23 Å². The van der Waals surface area contributed by atoms with Gasteiger partial charge in [0.15, 0.2) is 0 Å². The van der Waals surface area contributed by atoms with Crippen LogP contribution in [0.2, 0.25) is 0 Å². The molecule has 0 aromatic rings. The molecule has 0 saturated carbocycles. The van der Waals surface area contributed by atoms with Crippen molar-refractivity contribution in [2.45, 2.75) is 58.7 Å². The molecule has 1 aliphatic rings. The molecule has 1 rings (SSSR count). The maximum absolute atomic E-state index is 5.81. The Morgan fingerprint density at radius 3 is 2.64 bits per heavy atom. The van der Waals surface area contributed by atoms with Crippen molar-refractivity contribution in [1.82, 2.24) is 0 Å². The summed E-state index contributed by atoms with van der Waals surface area (Å²) in [5.41, 5.74) is 0. The highest BCUT2D eigenvalue weighted by atomic mass is 16.5. The molecule has 1 heterocycles. The molecule has 1 nitrogen and oxygen atoms in total. The Morgan fingerprint density at radius 1 is 1.36 bits per heavy atom. The Balaban J connectivity index is 2.37. The summed E-state index contributed by atoms with van der Waals surface area (Å²) >= 11 is 0. The van der Waals surface area contributed by atoms with Crippen LogP contribution in [0.5, 0.6) is 0 Å². The molecule has 0 bridgehead atoms. The van der Waals surface area contributed by atoms with E-state index >= 15 is 0 Å². The summed E-state index contributed by atoms with van der Waals surface area (Å²) in [4.78, 5) is 0. The zero-order valence-corrected chi connectivity index (χ0v) is 7.97. The third-order valence-corrected chi connectivity index (χ3v) is 2.67. The van der Waals surface area contributed by atoms with Crippen molar-refractivity contribution in [2.24, 2.45) is 5.92 Å². The van der Waals surface area contributed by atoms with Gasteiger partial charge in [-0.25, -0.2) is 0 Å². The van der Waals surface area contributed by atoms with Gasteiger partial charge in [0.2, 0.25) is 0 Å². The number of rotatable bonds is 3. The Hall–Kier alpha value is -0.0400. The average molecular weight is 156 g/mol. The summed E-state index contributed by atoms with van der Waals surface area (Å²) in [6.45, 7) is 6.70. The molecule has 0 aliphatic carbocycles. The number of hydrogen-bond donors (Lipinski definition) is 0. The van der Waals surface area contributed by atoms with Crippen LogP contribution < -0.4 is 0 Å². The van der Waals surface area contributed by atoms with E-state index in [9.17, 15) is 0 Å². The molecular weight excluding hydrogens is 136 g/mol. The Morgan fingerprint density at radius 2 is 2.09 bits per heavy atom. The molecule has 0 spiro atoms. The first-order chi connectivity index (χ1) is 5.27. The zero-order chi connectivity index (χ0) is 8.27. The molecular formula is C10H20O. The van der Waals surface area contributed by atoms with Gasteiger partial charge in [-0.1, -0.05) is 26.7 Å². The summed E-state index contributed by atoms with van der Waals surface area (Å²) in [7, 11) is 0. The maximum atomic E-state index is 5.81. The lowest BCUT2D eigenvalue weighted by molar-refractivity contribution is 0.0377. The van der Waals surface area contributed by atoms with Gasteiger partial charge in [0.1, 0.15) is 0 Å².